The van der Waals surface area contributed by atoms with Crippen LogP contribution in [-0.2, 0) is 14.3 Å². The van der Waals surface area contributed by atoms with Crippen molar-refractivity contribution in [2.24, 2.45) is 4.99 Å². The van der Waals surface area contributed by atoms with Gasteiger partial charge in [-0.15, -0.1) is 0 Å². The molecule has 0 unspecified atom stereocenters. The van der Waals surface area contributed by atoms with Gasteiger partial charge in [-0.3, -0.25) is 4.79 Å². The highest BCUT2D eigenvalue weighted by molar-refractivity contribution is 6.13. The van der Waals surface area contributed by atoms with E-state index in [1.54, 1.807) is 42.5 Å². The molecule has 1 aliphatic heterocycles. The van der Waals surface area contributed by atoms with Crippen LogP contribution in [0.5, 0.6) is 11.5 Å². The second kappa shape index (κ2) is 9.75. The summed E-state index contributed by atoms with van der Waals surface area (Å²) in [5, 5.41) is 2.68. The maximum Gasteiger partial charge on any atom is 0.363 e. The van der Waals surface area contributed by atoms with Gasteiger partial charge in [-0.2, -0.15) is 0 Å². The van der Waals surface area contributed by atoms with E-state index in [1.807, 2.05) is 19.9 Å². The Morgan fingerprint density at radius 2 is 1.87 bits per heavy atom. The third-order valence-electron chi connectivity index (χ3n) is 4.12. The van der Waals surface area contributed by atoms with Crippen molar-refractivity contribution >= 4 is 29.5 Å². The molecule has 2 aromatic carbocycles. The Morgan fingerprint density at radius 1 is 1.13 bits per heavy atom. The number of rotatable bonds is 8. The van der Waals surface area contributed by atoms with Crippen LogP contribution < -0.4 is 14.8 Å². The number of hydrogen-bond donors (Lipinski definition) is 1. The molecule has 0 spiro atoms. The number of esters is 1. The Hall–Kier alpha value is -3.87. The molecule has 0 fully saturated rings. The Bertz CT molecular complexity index is 1070. The van der Waals surface area contributed by atoms with Gasteiger partial charge < -0.3 is 19.5 Å². The number of aliphatic imine (C=N–C) groups is 1. The van der Waals surface area contributed by atoms with E-state index < -0.39 is 5.97 Å². The lowest BCUT2D eigenvalue weighted by molar-refractivity contribution is -0.129. The molecule has 0 aliphatic carbocycles. The standard InChI is InChI=1S/C24H24N2O5/c1-5-29-22-13-17(6-11-21(22)30-14-15(2)3)12-20-24(28)31-23(26-20)18-7-9-19(10-8-18)25-16(4)27/h6-13H,2,5,14H2,1,3-4H3,(H,25,27)/b20-12-. The largest absolute Gasteiger partial charge is 0.490 e. The number of nitrogens with one attached hydrogen (secondary N) is 1. The van der Waals surface area contributed by atoms with Crippen LogP contribution in [-0.4, -0.2) is 31.0 Å². The lowest BCUT2D eigenvalue weighted by Crippen LogP contribution is -2.07. The van der Waals surface area contributed by atoms with E-state index in [9.17, 15) is 9.59 Å². The van der Waals surface area contributed by atoms with E-state index in [2.05, 4.69) is 16.9 Å². The zero-order chi connectivity index (χ0) is 22.4. The van der Waals surface area contributed by atoms with Crippen LogP contribution in [0, 0.1) is 0 Å². The first kappa shape index (κ1) is 21.8. The molecule has 160 valence electrons. The number of ether oxygens (including phenoxy) is 3. The first-order valence-electron chi connectivity index (χ1n) is 9.80. The summed E-state index contributed by atoms with van der Waals surface area (Å²) in [7, 11) is 0. The van der Waals surface area contributed by atoms with Crippen LogP contribution in [0.15, 0.2) is 65.3 Å². The summed E-state index contributed by atoms with van der Waals surface area (Å²) < 4.78 is 16.7. The molecule has 0 bridgehead atoms. The number of hydrogen-bond acceptors (Lipinski definition) is 6. The van der Waals surface area contributed by atoms with Gasteiger partial charge in [-0.25, -0.2) is 9.79 Å². The van der Waals surface area contributed by atoms with Gasteiger partial charge >= 0.3 is 5.97 Å². The summed E-state index contributed by atoms with van der Waals surface area (Å²) in [6.07, 6.45) is 1.63. The Kier molecular flexibility index (Phi) is 6.87. The van der Waals surface area contributed by atoms with E-state index in [0.29, 0.717) is 36.0 Å². The number of carbonyl (C=O) groups is 2. The number of amides is 1. The summed E-state index contributed by atoms with van der Waals surface area (Å²) in [5.74, 6) is 0.676. The smallest absolute Gasteiger partial charge is 0.363 e. The van der Waals surface area contributed by atoms with Gasteiger partial charge in [0.15, 0.2) is 17.2 Å². The van der Waals surface area contributed by atoms with E-state index in [4.69, 9.17) is 14.2 Å². The van der Waals surface area contributed by atoms with E-state index in [-0.39, 0.29) is 17.5 Å². The van der Waals surface area contributed by atoms with E-state index in [0.717, 1.165) is 11.1 Å². The number of benzene rings is 2. The van der Waals surface area contributed by atoms with Crippen molar-refractivity contribution < 1.29 is 23.8 Å². The number of carbonyl (C=O) groups excluding carboxylic acids is 2. The molecule has 0 aromatic heterocycles. The van der Waals surface area contributed by atoms with Crippen molar-refractivity contribution in [3.8, 4) is 11.5 Å². The average molecular weight is 420 g/mol. The summed E-state index contributed by atoms with van der Waals surface area (Å²) in [6, 6.07) is 12.3. The molecule has 7 nitrogen and oxygen atoms in total. The molecule has 3 rings (SSSR count). The first-order chi connectivity index (χ1) is 14.9. The van der Waals surface area contributed by atoms with Gasteiger partial charge in [-0.1, -0.05) is 12.6 Å². The van der Waals surface area contributed by atoms with Crippen LogP contribution in [0.25, 0.3) is 6.08 Å². The molecule has 0 saturated heterocycles. The maximum atomic E-state index is 12.3. The fourth-order valence-electron chi connectivity index (χ4n) is 2.79. The molecule has 7 heteroatoms. The third kappa shape index (κ3) is 5.82. The molecule has 31 heavy (non-hydrogen) atoms. The molecular formula is C24H24N2O5. The summed E-state index contributed by atoms with van der Waals surface area (Å²) >= 11 is 0. The highest BCUT2D eigenvalue weighted by Crippen LogP contribution is 2.30. The van der Waals surface area contributed by atoms with E-state index in [1.165, 1.54) is 6.92 Å². The minimum absolute atomic E-state index is 0.162. The minimum Gasteiger partial charge on any atom is -0.490 e. The van der Waals surface area contributed by atoms with Crippen molar-refractivity contribution in [3.63, 3.8) is 0 Å². The van der Waals surface area contributed by atoms with Crippen molar-refractivity contribution in [1.29, 1.82) is 0 Å². The van der Waals surface area contributed by atoms with Gasteiger partial charge in [0.2, 0.25) is 11.8 Å². The van der Waals surface area contributed by atoms with Crippen LogP contribution in [0.3, 0.4) is 0 Å². The number of nitrogens with zero attached hydrogens (tertiary/aromatic N) is 1. The summed E-state index contributed by atoms with van der Waals surface area (Å²) in [4.78, 5) is 27.8. The first-order valence-corrected chi connectivity index (χ1v) is 9.80. The molecular weight excluding hydrogens is 396 g/mol. The average Bonchev–Trinajstić information content (AvgIpc) is 3.08. The van der Waals surface area contributed by atoms with Gasteiger partial charge in [0.1, 0.15) is 6.61 Å². The monoisotopic (exact) mass is 420 g/mol. The maximum absolute atomic E-state index is 12.3. The molecule has 1 aliphatic rings. The lowest BCUT2D eigenvalue weighted by atomic mass is 10.1. The zero-order valence-corrected chi connectivity index (χ0v) is 17.7. The van der Waals surface area contributed by atoms with Gasteiger partial charge in [0.25, 0.3) is 0 Å². The van der Waals surface area contributed by atoms with Crippen molar-refractivity contribution in [2.75, 3.05) is 18.5 Å². The van der Waals surface area contributed by atoms with Crippen LogP contribution in [0.4, 0.5) is 5.69 Å². The molecule has 1 N–H and O–H groups in total. The SMILES string of the molecule is C=C(C)COc1ccc(/C=C2\N=C(c3ccc(NC(C)=O)cc3)OC2=O)cc1OCC. The number of anilines is 1. The molecule has 1 amide bonds. The van der Waals surface area contributed by atoms with Gasteiger partial charge in [0, 0.05) is 18.2 Å². The quantitative estimate of drug-likeness (QED) is 0.390. The highest BCUT2D eigenvalue weighted by Gasteiger charge is 2.24. The Labute approximate surface area is 181 Å². The van der Waals surface area contributed by atoms with Crippen molar-refractivity contribution in [2.45, 2.75) is 20.8 Å². The van der Waals surface area contributed by atoms with E-state index >= 15 is 0 Å². The third-order valence-corrected chi connectivity index (χ3v) is 4.12. The normalized spacial score (nSPS) is 14.1. The van der Waals surface area contributed by atoms with Crippen LogP contribution >= 0.6 is 0 Å². The Balaban J connectivity index is 1.83. The minimum atomic E-state index is -0.540. The van der Waals surface area contributed by atoms with Crippen LogP contribution in [0.1, 0.15) is 31.9 Å². The predicted octanol–water partition coefficient (Wildman–Crippen LogP) is 4.34. The van der Waals surface area contributed by atoms with Gasteiger partial charge in [0.05, 0.1) is 6.61 Å². The molecule has 1 heterocycles. The predicted molar refractivity (Wildman–Crippen MR) is 119 cm³/mol. The molecule has 2 aromatic rings. The summed E-state index contributed by atoms with van der Waals surface area (Å²) in [5.41, 5.74) is 3.08. The molecule has 0 saturated carbocycles. The molecule has 0 atom stereocenters. The second-order valence-corrected chi connectivity index (χ2v) is 6.98. The number of cyclic esters (lactones) is 1. The van der Waals surface area contributed by atoms with Gasteiger partial charge in [-0.05, 0) is 67.5 Å². The fraction of sp³-hybridized carbons (Fsp3) is 0.208. The zero-order valence-electron chi connectivity index (χ0n) is 17.7. The Morgan fingerprint density at radius 3 is 2.52 bits per heavy atom. The van der Waals surface area contributed by atoms with Crippen molar-refractivity contribution in [3.05, 3.63) is 71.4 Å². The fourth-order valence-corrected chi connectivity index (χ4v) is 2.79. The summed E-state index contributed by atoms with van der Waals surface area (Å²) in [6.45, 7) is 9.90. The second-order valence-electron chi connectivity index (χ2n) is 6.98. The van der Waals surface area contributed by atoms with Crippen molar-refractivity contribution in [1.82, 2.24) is 0 Å². The topological polar surface area (TPSA) is 86.2 Å². The molecule has 0 radical (unpaired) electrons. The lowest BCUT2D eigenvalue weighted by Gasteiger charge is -2.12. The van der Waals surface area contributed by atoms with Crippen LogP contribution in [0.2, 0.25) is 0 Å². The highest BCUT2D eigenvalue weighted by atomic mass is 16.6.